The average molecular weight is 559 g/mol. The van der Waals surface area contributed by atoms with E-state index in [4.69, 9.17) is 14.7 Å². The molecule has 2 N–H and O–H groups in total. The standard InChI is InChI=1S/C23H19BrN4O6S/c1-33-16-7-9-17(10-8-16)35(31,32)28(14-15-4-3-11-25-12-15)22-18-5-2-6-19(24)21(18)26-13-20(22)34-23(29)27-30/h2-13,30H,14H2,1H3,(H,27,29). The van der Waals surface area contributed by atoms with E-state index in [1.54, 1.807) is 36.5 Å². The molecular formula is C23H19BrN4O6S. The second-order valence-corrected chi connectivity index (χ2v) is 9.87. The monoisotopic (exact) mass is 558 g/mol. The first-order valence-corrected chi connectivity index (χ1v) is 12.3. The minimum absolute atomic E-state index is 0.0142. The molecule has 0 spiro atoms. The molecule has 0 bridgehead atoms. The Bertz CT molecular complexity index is 1470. The van der Waals surface area contributed by atoms with Crippen LogP contribution in [0.4, 0.5) is 10.5 Å². The summed E-state index contributed by atoms with van der Waals surface area (Å²) in [6, 6.07) is 14.4. The number of hydrogen-bond donors (Lipinski definition) is 2. The van der Waals surface area contributed by atoms with E-state index < -0.39 is 16.1 Å². The molecule has 10 nitrogen and oxygen atoms in total. The van der Waals surface area contributed by atoms with Gasteiger partial charge in [-0.05, 0) is 57.9 Å². The van der Waals surface area contributed by atoms with Crippen LogP contribution < -0.4 is 19.3 Å². The van der Waals surface area contributed by atoms with Gasteiger partial charge in [0.2, 0.25) is 0 Å². The first-order valence-electron chi connectivity index (χ1n) is 10.1. The predicted molar refractivity (Wildman–Crippen MR) is 131 cm³/mol. The fourth-order valence-corrected chi connectivity index (χ4v) is 5.38. The first-order chi connectivity index (χ1) is 16.8. The Morgan fingerprint density at radius 1 is 1.11 bits per heavy atom. The van der Waals surface area contributed by atoms with Crippen LogP contribution in [-0.4, -0.2) is 36.8 Å². The van der Waals surface area contributed by atoms with Crippen LogP contribution in [0, 0.1) is 0 Å². The summed E-state index contributed by atoms with van der Waals surface area (Å²) in [4.78, 5) is 20.3. The number of amides is 1. The molecule has 180 valence electrons. The summed E-state index contributed by atoms with van der Waals surface area (Å²) >= 11 is 3.43. The van der Waals surface area contributed by atoms with E-state index in [2.05, 4.69) is 25.9 Å². The van der Waals surface area contributed by atoms with Crippen molar-refractivity contribution < 1.29 is 27.9 Å². The van der Waals surface area contributed by atoms with Crippen LogP contribution in [0.25, 0.3) is 10.9 Å². The molecule has 0 fully saturated rings. The van der Waals surface area contributed by atoms with Gasteiger partial charge in [-0.15, -0.1) is 0 Å². The molecule has 0 unspecified atom stereocenters. The highest BCUT2D eigenvalue weighted by molar-refractivity contribution is 9.10. The zero-order valence-corrected chi connectivity index (χ0v) is 20.7. The van der Waals surface area contributed by atoms with Gasteiger partial charge in [0.1, 0.15) is 11.4 Å². The van der Waals surface area contributed by atoms with Crippen LogP contribution in [-0.2, 0) is 16.6 Å². The Morgan fingerprint density at radius 3 is 2.54 bits per heavy atom. The van der Waals surface area contributed by atoms with E-state index in [0.29, 0.717) is 26.7 Å². The van der Waals surface area contributed by atoms with Crippen molar-refractivity contribution in [2.45, 2.75) is 11.4 Å². The molecule has 0 radical (unpaired) electrons. The largest absolute Gasteiger partial charge is 0.497 e. The predicted octanol–water partition coefficient (Wildman–Crippen LogP) is 4.27. The topological polar surface area (TPSA) is 131 Å². The lowest BCUT2D eigenvalue weighted by Gasteiger charge is -2.27. The number of para-hydroxylation sites is 1. The van der Waals surface area contributed by atoms with E-state index in [9.17, 15) is 13.2 Å². The number of ether oxygens (including phenoxy) is 2. The highest BCUT2D eigenvalue weighted by atomic mass is 79.9. The number of pyridine rings is 2. The zero-order chi connectivity index (χ0) is 25.0. The van der Waals surface area contributed by atoms with Crippen molar-refractivity contribution in [3.8, 4) is 11.5 Å². The summed E-state index contributed by atoms with van der Waals surface area (Å²) in [5.41, 5.74) is 2.47. The van der Waals surface area contributed by atoms with Crippen molar-refractivity contribution in [2.75, 3.05) is 11.4 Å². The van der Waals surface area contributed by atoms with Crippen molar-refractivity contribution in [3.63, 3.8) is 0 Å². The second kappa shape index (κ2) is 10.3. The Kier molecular flexibility index (Phi) is 7.15. The highest BCUT2D eigenvalue weighted by Crippen LogP contribution is 2.41. The maximum atomic E-state index is 14.0. The first kappa shape index (κ1) is 24.4. The lowest BCUT2D eigenvalue weighted by atomic mass is 10.1. The molecule has 0 atom stereocenters. The van der Waals surface area contributed by atoms with Gasteiger partial charge in [0, 0.05) is 22.3 Å². The molecule has 0 aliphatic rings. The van der Waals surface area contributed by atoms with E-state index in [1.165, 1.54) is 49.2 Å². The molecule has 4 rings (SSSR count). The number of fused-ring (bicyclic) bond motifs is 1. The van der Waals surface area contributed by atoms with Crippen molar-refractivity contribution in [2.24, 2.45) is 0 Å². The van der Waals surface area contributed by atoms with Gasteiger partial charge in [-0.3, -0.25) is 19.5 Å². The van der Waals surface area contributed by atoms with E-state index in [-0.39, 0.29) is 22.9 Å². The number of anilines is 1. The van der Waals surface area contributed by atoms with Crippen LogP contribution in [0.3, 0.4) is 0 Å². The Hall–Kier alpha value is -3.74. The molecule has 35 heavy (non-hydrogen) atoms. The van der Waals surface area contributed by atoms with Crippen LogP contribution in [0.5, 0.6) is 11.5 Å². The number of halogens is 1. The van der Waals surface area contributed by atoms with Gasteiger partial charge >= 0.3 is 6.09 Å². The fraction of sp³-hybridized carbons (Fsp3) is 0.0870. The summed E-state index contributed by atoms with van der Waals surface area (Å²) in [5.74, 6) is 0.313. The minimum atomic E-state index is -4.21. The van der Waals surface area contributed by atoms with Gasteiger partial charge in [0.25, 0.3) is 10.0 Å². The third kappa shape index (κ3) is 5.04. The number of nitrogens with one attached hydrogen (secondary N) is 1. The molecule has 2 heterocycles. The molecular weight excluding hydrogens is 540 g/mol. The van der Waals surface area contributed by atoms with Crippen molar-refractivity contribution in [1.29, 1.82) is 0 Å². The summed E-state index contributed by atoms with van der Waals surface area (Å²) in [6.45, 7) is -0.134. The normalized spacial score (nSPS) is 11.2. The summed E-state index contributed by atoms with van der Waals surface area (Å²) < 4.78 is 40.1. The minimum Gasteiger partial charge on any atom is -0.497 e. The molecule has 0 aliphatic carbocycles. The average Bonchev–Trinajstić information content (AvgIpc) is 2.88. The lowest BCUT2D eigenvalue weighted by molar-refractivity contribution is 0.127. The zero-order valence-electron chi connectivity index (χ0n) is 18.3. The fourth-order valence-electron chi connectivity index (χ4n) is 3.43. The Balaban J connectivity index is 1.99. The highest BCUT2D eigenvalue weighted by Gasteiger charge is 2.31. The van der Waals surface area contributed by atoms with Gasteiger partial charge in [-0.1, -0.05) is 18.2 Å². The van der Waals surface area contributed by atoms with E-state index in [0.717, 1.165) is 4.31 Å². The SMILES string of the molecule is COc1ccc(S(=O)(=O)N(Cc2cccnc2)c2c(OC(=O)NO)cnc3c(Br)cccc23)cc1. The van der Waals surface area contributed by atoms with Gasteiger partial charge in [-0.2, -0.15) is 0 Å². The van der Waals surface area contributed by atoms with Gasteiger partial charge in [-0.25, -0.2) is 18.7 Å². The number of carbonyl (C=O) groups excluding carboxylic acids is 1. The summed E-state index contributed by atoms with van der Waals surface area (Å²) in [7, 11) is -2.73. The molecule has 0 saturated heterocycles. The second-order valence-electron chi connectivity index (χ2n) is 7.16. The number of nitrogens with zero attached hydrogens (tertiary/aromatic N) is 3. The maximum absolute atomic E-state index is 14.0. The third-order valence-corrected chi connectivity index (χ3v) is 7.43. The Labute approximate surface area is 209 Å². The van der Waals surface area contributed by atoms with E-state index >= 15 is 0 Å². The lowest BCUT2D eigenvalue weighted by Crippen LogP contribution is -2.32. The maximum Gasteiger partial charge on any atom is 0.436 e. The molecule has 2 aromatic heterocycles. The number of rotatable bonds is 7. The van der Waals surface area contributed by atoms with Gasteiger partial charge < -0.3 is 9.47 Å². The number of methoxy groups -OCH3 is 1. The molecule has 4 aromatic rings. The van der Waals surface area contributed by atoms with Crippen LogP contribution in [0.2, 0.25) is 0 Å². The number of hydrogen-bond acceptors (Lipinski definition) is 8. The molecule has 2 aromatic carbocycles. The summed E-state index contributed by atoms with van der Waals surface area (Å²) in [6.07, 6.45) is 3.13. The Morgan fingerprint density at radius 2 is 1.89 bits per heavy atom. The molecule has 12 heteroatoms. The van der Waals surface area contributed by atoms with E-state index in [1.807, 2.05) is 0 Å². The van der Waals surface area contributed by atoms with Crippen molar-refractivity contribution >= 4 is 48.6 Å². The van der Waals surface area contributed by atoms with Crippen LogP contribution in [0.15, 0.2) is 82.6 Å². The number of sulfonamides is 1. The smallest absolute Gasteiger partial charge is 0.436 e. The quantitative estimate of drug-likeness (QED) is 0.254. The molecule has 1 amide bonds. The number of carbonyl (C=O) groups is 1. The van der Waals surface area contributed by atoms with Gasteiger partial charge in [0.15, 0.2) is 5.75 Å². The van der Waals surface area contributed by atoms with Crippen LogP contribution >= 0.6 is 15.9 Å². The number of aromatic nitrogens is 2. The molecule has 0 saturated carbocycles. The third-order valence-electron chi connectivity index (χ3n) is 5.03. The summed E-state index contributed by atoms with van der Waals surface area (Å²) in [5, 5.41) is 9.39. The van der Waals surface area contributed by atoms with Crippen molar-refractivity contribution in [3.05, 3.63) is 83.2 Å². The number of hydroxylamine groups is 1. The van der Waals surface area contributed by atoms with Gasteiger partial charge in [0.05, 0.1) is 30.3 Å². The van der Waals surface area contributed by atoms with Crippen LogP contribution in [0.1, 0.15) is 5.56 Å². The molecule has 0 aliphatic heterocycles. The number of benzene rings is 2. The van der Waals surface area contributed by atoms with Crippen molar-refractivity contribution in [1.82, 2.24) is 15.4 Å².